The molecule has 1 rings (SSSR count). The molecule has 0 saturated carbocycles. The molecule has 7 N–H and O–H groups in total. The summed E-state index contributed by atoms with van der Waals surface area (Å²) in [5.41, 5.74) is 11.2. The van der Waals surface area contributed by atoms with Crippen LogP contribution >= 0.6 is 0 Å². The lowest BCUT2D eigenvalue weighted by Gasteiger charge is -2.24. The van der Waals surface area contributed by atoms with E-state index in [1.54, 1.807) is 0 Å². The molecule has 0 aliphatic heterocycles. The van der Waals surface area contributed by atoms with Gasteiger partial charge in [0.15, 0.2) is 0 Å². The number of carbonyl (C=O) groups excluding carboxylic acids is 3. The fourth-order valence-electron chi connectivity index (χ4n) is 2.09. The molecule has 1 aromatic heterocycles. The molecule has 134 valence electrons. The molecule has 0 aliphatic carbocycles. The van der Waals surface area contributed by atoms with Gasteiger partial charge in [0, 0.05) is 18.3 Å². The van der Waals surface area contributed by atoms with E-state index in [-0.39, 0.29) is 19.4 Å². The topological polar surface area (TPSA) is 179 Å². The molecule has 2 amide bonds. The number of aliphatic carboxylic acids is 1. The summed E-state index contributed by atoms with van der Waals surface area (Å²) in [7, 11) is 0. The van der Waals surface area contributed by atoms with Gasteiger partial charge in [-0.3, -0.25) is 9.59 Å². The van der Waals surface area contributed by atoms with Gasteiger partial charge >= 0.3 is 0 Å². The van der Waals surface area contributed by atoms with E-state index in [0.29, 0.717) is 25.1 Å². The highest BCUT2D eigenvalue weighted by Gasteiger charge is 2.24. The van der Waals surface area contributed by atoms with E-state index in [2.05, 4.69) is 20.6 Å². The number of rotatable bonds is 11. The van der Waals surface area contributed by atoms with Crippen molar-refractivity contribution in [1.82, 2.24) is 20.6 Å². The maximum Gasteiger partial charge on any atom is 0.243 e. The number of nitrogens with zero attached hydrogens (tertiary/aromatic N) is 1. The van der Waals surface area contributed by atoms with Gasteiger partial charge in [0.2, 0.25) is 11.8 Å². The summed E-state index contributed by atoms with van der Waals surface area (Å²) in [4.78, 5) is 41.7. The molecule has 0 aromatic carbocycles. The van der Waals surface area contributed by atoms with Crippen LogP contribution in [0.4, 0.5) is 0 Å². The van der Waals surface area contributed by atoms with Crippen LogP contribution in [0.5, 0.6) is 0 Å². The molecule has 0 spiro atoms. The second-order valence-corrected chi connectivity index (χ2v) is 5.27. The van der Waals surface area contributed by atoms with E-state index < -0.39 is 29.9 Å². The number of unbranched alkanes of at least 4 members (excludes halogenated alkanes) is 1. The number of carboxylic acids is 1. The lowest BCUT2D eigenvalue weighted by molar-refractivity contribution is -0.308. The van der Waals surface area contributed by atoms with E-state index in [4.69, 9.17) is 11.5 Å². The number of carboxylic acid groups (broad SMARTS) is 1. The van der Waals surface area contributed by atoms with Crippen LogP contribution in [0.25, 0.3) is 0 Å². The van der Waals surface area contributed by atoms with Crippen LogP contribution in [0.2, 0.25) is 0 Å². The Morgan fingerprint density at radius 2 is 1.96 bits per heavy atom. The molecule has 1 aromatic rings. The minimum Gasteiger partial charge on any atom is -0.548 e. The van der Waals surface area contributed by atoms with Crippen molar-refractivity contribution in [3.8, 4) is 0 Å². The number of hydrogen-bond donors (Lipinski definition) is 5. The number of aromatic nitrogens is 2. The van der Waals surface area contributed by atoms with E-state index >= 15 is 0 Å². The maximum absolute atomic E-state index is 12.4. The summed E-state index contributed by atoms with van der Waals surface area (Å²) in [6, 6.07) is -2.12. The maximum atomic E-state index is 12.4. The van der Waals surface area contributed by atoms with E-state index in [1.807, 2.05) is 0 Å². The Kier molecular flexibility index (Phi) is 8.44. The summed E-state index contributed by atoms with van der Waals surface area (Å²) in [5, 5.41) is 16.0. The van der Waals surface area contributed by atoms with Crippen LogP contribution in [0, 0.1) is 0 Å². The second kappa shape index (κ2) is 10.3. The molecule has 1 heterocycles. The van der Waals surface area contributed by atoms with Crippen LogP contribution in [0.1, 0.15) is 25.0 Å². The quantitative estimate of drug-likeness (QED) is 0.263. The molecule has 2 atom stereocenters. The van der Waals surface area contributed by atoms with Crippen molar-refractivity contribution < 1.29 is 19.5 Å². The van der Waals surface area contributed by atoms with Gasteiger partial charge < -0.3 is 37.0 Å². The van der Waals surface area contributed by atoms with Gasteiger partial charge in [-0.05, 0) is 25.8 Å². The lowest BCUT2D eigenvalue weighted by Crippen LogP contribution is -2.55. The highest BCUT2D eigenvalue weighted by molar-refractivity contribution is 5.90. The predicted octanol–water partition coefficient (Wildman–Crippen LogP) is -3.24. The highest BCUT2D eigenvalue weighted by atomic mass is 16.4. The zero-order valence-electron chi connectivity index (χ0n) is 13.3. The van der Waals surface area contributed by atoms with Gasteiger partial charge in [0.25, 0.3) is 0 Å². The van der Waals surface area contributed by atoms with Crippen molar-refractivity contribution in [2.75, 3.05) is 13.1 Å². The number of carbonyl (C=O) groups is 3. The summed E-state index contributed by atoms with van der Waals surface area (Å²) < 4.78 is 0. The number of imidazole rings is 1. The third-order valence-electron chi connectivity index (χ3n) is 3.36. The average Bonchev–Trinajstić information content (AvgIpc) is 3.06. The molecule has 2 unspecified atom stereocenters. The van der Waals surface area contributed by atoms with Gasteiger partial charge in [0.05, 0.1) is 24.9 Å². The van der Waals surface area contributed by atoms with E-state index in [1.165, 1.54) is 12.5 Å². The fourth-order valence-corrected chi connectivity index (χ4v) is 2.09. The Labute approximate surface area is 139 Å². The fraction of sp³-hybridized carbons (Fsp3) is 0.571. The monoisotopic (exact) mass is 339 g/mol. The predicted molar refractivity (Wildman–Crippen MR) is 83.1 cm³/mol. The van der Waals surface area contributed by atoms with Crippen molar-refractivity contribution >= 4 is 17.8 Å². The van der Waals surface area contributed by atoms with E-state index in [0.717, 1.165) is 0 Å². The minimum atomic E-state index is -1.38. The summed E-state index contributed by atoms with van der Waals surface area (Å²) in [6.45, 7) is 0.149. The van der Waals surface area contributed by atoms with Gasteiger partial charge in [-0.1, -0.05) is 0 Å². The molecule has 0 fully saturated rings. The molecule has 0 aliphatic rings. The third kappa shape index (κ3) is 6.75. The third-order valence-corrected chi connectivity index (χ3v) is 3.36. The van der Waals surface area contributed by atoms with Gasteiger partial charge in [-0.2, -0.15) is 0 Å². The minimum absolute atomic E-state index is 0.125. The SMILES string of the molecule is NCCCCC(NC(=O)C(Cc1cnc[nH]1)NC(=O)CN)C(=O)[O-]. The molecular weight excluding hydrogens is 316 g/mol. The molecule has 10 nitrogen and oxygen atoms in total. The molecule has 0 bridgehead atoms. The number of aromatic amines is 1. The van der Waals surface area contributed by atoms with Crippen LogP contribution < -0.4 is 27.2 Å². The first kappa shape index (κ1) is 19.6. The van der Waals surface area contributed by atoms with Gasteiger partial charge in [-0.15, -0.1) is 0 Å². The average molecular weight is 339 g/mol. The number of hydrogen-bond acceptors (Lipinski definition) is 7. The normalized spacial score (nSPS) is 13.1. The van der Waals surface area contributed by atoms with Crippen LogP contribution in [-0.2, 0) is 20.8 Å². The van der Waals surface area contributed by atoms with Gasteiger partial charge in [-0.25, -0.2) is 4.98 Å². The molecule has 24 heavy (non-hydrogen) atoms. The van der Waals surface area contributed by atoms with Crippen LogP contribution in [-0.4, -0.2) is 52.9 Å². The second-order valence-electron chi connectivity index (χ2n) is 5.27. The van der Waals surface area contributed by atoms with E-state index in [9.17, 15) is 19.5 Å². The smallest absolute Gasteiger partial charge is 0.243 e. The number of nitrogens with two attached hydrogens (primary N) is 2. The van der Waals surface area contributed by atoms with Crippen molar-refractivity contribution in [1.29, 1.82) is 0 Å². The van der Waals surface area contributed by atoms with Crippen molar-refractivity contribution in [3.63, 3.8) is 0 Å². The van der Waals surface area contributed by atoms with Crippen LogP contribution in [0.15, 0.2) is 12.5 Å². The van der Waals surface area contributed by atoms with Crippen LogP contribution in [0.3, 0.4) is 0 Å². The first-order valence-corrected chi connectivity index (χ1v) is 7.66. The molecule has 10 heteroatoms. The Morgan fingerprint density at radius 1 is 1.21 bits per heavy atom. The molecular formula is C14H23N6O4-. The Balaban J connectivity index is 2.73. The Bertz CT molecular complexity index is 533. The number of amides is 2. The zero-order valence-corrected chi connectivity index (χ0v) is 13.3. The number of nitrogens with one attached hydrogen (secondary N) is 3. The molecule has 0 saturated heterocycles. The van der Waals surface area contributed by atoms with Crippen molar-refractivity contribution in [2.45, 2.75) is 37.8 Å². The summed E-state index contributed by atoms with van der Waals surface area (Å²) in [5.74, 6) is -2.54. The first-order valence-electron chi connectivity index (χ1n) is 7.66. The first-order chi connectivity index (χ1) is 11.5. The summed E-state index contributed by atoms with van der Waals surface area (Å²) in [6.07, 6.45) is 4.45. The summed E-state index contributed by atoms with van der Waals surface area (Å²) >= 11 is 0. The highest BCUT2D eigenvalue weighted by Crippen LogP contribution is 2.03. The Hall–Kier alpha value is -2.46. The van der Waals surface area contributed by atoms with Gasteiger partial charge in [0.1, 0.15) is 6.04 Å². The lowest BCUT2D eigenvalue weighted by atomic mass is 10.1. The van der Waals surface area contributed by atoms with Crippen molar-refractivity contribution in [2.24, 2.45) is 11.5 Å². The Morgan fingerprint density at radius 3 is 2.50 bits per heavy atom. The zero-order chi connectivity index (χ0) is 17.9. The number of H-pyrrole nitrogens is 1. The standard InChI is InChI=1S/C14H24N6O4/c15-4-2-1-3-10(14(23)24)20-13(22)11(19-12(21)6-16)5-9-7-17-8-18-9/h7-8,10-11H,1-6,15-16H2,(H,17,18)(H,19,21)(H,20,22)(H,23,24)/p-1. The van der Waals surface area contributed by atoms with Crippen molar-refractivity contribution in [3.05, 3.63) is 18.2 Å². The largest absolute Gasteiger partial charge is 0.548 e. The molecule has 0 radical (unpaired) electrons.